The first-order valence-electron chi connectivity index (χ1n) is 7.50. The smallest absolute Gasteiger partial charge is 0.0656 e. The van der Waals surface area contributed by atoms with Crippen LogP contribution in [0.25, 0.3) is 0 Å². The minimum absolute atomic E-state index is 0.531. The van der Waals surface area contributed by atoms with Gasteiger partial charge < -0.3 is 4.74 Å². The molecule has 0 saturated heterocycles. The number of hydrogen-bond acceptors (Lipinski definition) is 1. The van der Waals surface area contributed by atoms with Gasteiger partial charge in [0.2, 0.25) is 0 Å². The summed E-state index contributed by atoms with van der Waals surface area (Å²) in [5, 5.41) is 0. The molecule has 1 spiro atoms. The summed E-state index contributed by atoms with van der Waals surface area (Å²) in [5.41, 5.74) is 0.531. The van der Waals surface area contributed by atoms with E-state index < -0.39 is 0 Å². The summed E-state index contributed by atoms with van der Waals surface area (Å²) < 4.78 is 6.45. The lowest BCUT2D eigenvalue weighted by Gasteiger charge is -2.53. The molecule has 17 heavy (non-hydrogen) atoms. The SMILES string of the molecule is CC1CCC(OC2CC(Br)C23CCCC3)CC1. The number of rotatable bonds is 2. The van der Waals surface area contributed by atoms with Gasteiger partial charge in [0.1, 0.15) is 0 Å². The first kappa shape index (κ1) is 12.5. The molecule has 3 aliphatic carbocycles. The lowest BCUT2D eigenvalue weighted by Crippen LogP contribution is -2.55. The topological polar surface area (TPSA) is 9.23 Å². The van der Waals surface area contributed by atoms with E-state index in [2.05, 4.69) is 22.9 Å². The molecule has 3 fully saturated rings. The van der Waals surface area contributed by atoms with Crippen LogP contribution in [0.3, 0.4) is 0 Å². The van der Waals surface area contributed by atoms with Crippen LogP contribution in [0.2, 0.25) is 0 Å². The normalized spacial score (nSPS) is 44.8. The summed E-state index contributed by atoms with van der Waals surface area (Å²) in [4.78, 5) is 0.741. The fraction of sp³-hybridized carbons (Fsp3) is 1.00. The zero-order valence-electron chi connectivity index (χ0n) is 11.0. The summed E-state index contributed by atoms with van der Waals surface area (Å²) in [6, 6.07) is 0. The minimum Gasteiger partial charge on any atom is -0.374 e. The van der Waals surface area contributed by atoms with E-state index in [0.717, 1.165) is 10.7 Å². The molecule has 0 radical (unpaired) electrons. The van der Waals surface area contributed by atoms with Gasteiger partial charge in [0.25, 0.3) is 0 Å². The van der Waals surface area contributed by atoms with Crippen LogP contribution in [-0.4, -0.2) is 17.0 Å². The van der Waals surface area contributed by atoms with Gasteiger partial charge in [0, 0.05) is 10.2 Å². The second-order valence-electron chi connectivity index (χ2n) is 6.65. The molecule has 0 amide bonds. The number of hydrogen-bond donors (Lipinski definition) is 0. The molecule has 98 valence electrons. The third-order valence-electron chi connectivity index (χ3n) is 5.54. The van der Waals surface area contributed by atoms with Gasteiger partial charge in [-0.3, -0.25) is 0 Å². The van der Waals surface area contributed by atoms with Crippen molar-refractivity contribution in [1.82, 2.24) is 0 Å². The monoisotopic (exact) mass is 300 g/mol. The van der Waals surface area contributed by atoms with Crippen molar-refractivity contribution in [3.63, 3.8) is 0 Å². The van der Waals surface area contributed by atoms with Gasteiger partial charge in [-0.2, -0.15) is 0 Å². The lowest BCUT2D eigenvalue weighted by molar-refractivity contribution is -0.143. The molecular weight excluding hydrogens is 276 g/mol. The molecule has 0 bridgehead atoms. The quantitative estimate of drug-likeness (QED) is 0.673. The Balaban J connectivity index is 1.55. The average molecular weight is 301 g/mol. The predicted molar refractivity (Wildman–Crippen MR) is 74.5 cm³/mol. The van der Waals surface area contributed by atoms with Crippen molar-refractivity contribution in [2.45, 2.75) is 81.7 Å². The molecule has 2 atom stereocenters. The van der Waals surface area contributed by atoms with Gasteiger partial charge in [-0.1, -0.05) is 35.7 Å². The van der Waals surface area contributed by atoms with E-state index in [1.54, 1.807) is 0 Å². The zero-order valence-corrected chi connectivity index (χ0v) is 12.5. The minimum atomic E-state index is 0.531. The largest absolute Gasteiger partial charge is 0.374 e. The first-order valence-corrected chi connectivity index (χ1v) is 8.42. The third-order valence-corrected chi connectivity index (χ3v) is 6.83. The fourth-order valence-corrected chi connectivity index (χ4v) is 5.25. The third kappa shape index (κ3) is 2.20. The number of ether oxygens (including phenoxy) is 1. The molecule has 3 saturated carbocycles. The highest BCUT2D eigenvalue weighted by Gasteiger charge is 2.56. The van der Waals surface area contributed by atoms with Gasteiger partial charge in [0.15, 0.2) is 0 Å². The van der Waals surface area contributed by atoms with Gasteiger partial charge in [0.05, 0.1) is 12.2 Å². The Kier molecular flexibility index (Phi) is 3.56. The molecule has 2 heteroatoms. The van der Waals surface area contributed by atoms with Crippen molar-refractivity contribution < 1.29 is 4.74 Å². The van der Waals surface area contributed by atoms with Crippen LogP contribution < -0.4 is 0 Å². The van der Waals surface area contributed by atoms with Gasteiger partial charge >= 0.3 is 0 Å². The van der Waals surface area contributed by atoms with E-state index in [1.165, 1.54) is 57.8 Å². The average Bonchev–Trinajstić information content (AvgIpc) is 2.83. The fourth-order valence-electron chi connectivity index (χ4n) is 4.16. The molecule has 0 aliphatic heterocycles. The molecule has 3 rings (SSSR count). The Hall–Kier alpha value is 0.440. The highest BCUT2D eigenvalue weighted by atomic mass is 79.9. The Morgan fingerprint density at radius 1 is 1.06 bits per heavy atom. The molecule has 0 heterocycles. The van der Waals surface area contributed by atoms with E-state index in [0.29, 0.717) is 17.6 Å². The summed E-state index contributed by atoms with van der Waals surface area (Å²) >= 11 is 3.88. The van der Waals surface area contributed by atoms with Crippen LogP contribution in [0, 0.1) is 11.3 Å². The van der Waals surface area contributed by atoms with E-state index >= 15 is 0 Å². The highest BCUT2D eigenvalue weighted by molar-refractivity contribution is 9.09. The Labute approximate surface area is 114 Å². The van der Waals surface area contributed by atoms with Crippen molar-refractivity contribution in [1.29, 1.82) is 0 Å². The van der Waals surface area contributed by atoms with Crippen LogP contribution in [0.5, 0.6) is 0 Å². The molecule has 0 aromatic heterocycles. The lowest BCUT2D eigenvalue weighted by atomic mass is 9.64. The first-order chi connectivity index (χ1) is 8.21. The van der Waals surface area contributed by atoms with E-state index in [9.17, 15) is 0 Å². The van der Waals surface area contributed by atoms with Crippen LogP contribution in [0.1, 0.15) is 64.7 Å². The second-order valence-corrected chi connectivity index (χ2v) is 7.76. The van der Waals surface area contributed by atoms with Gasteiger partial charge in [-0.15, -0.1) is 0 Å². The maximum Gasteiger partial charge on any atom is 0.0656 e. The molecule has 1 nitrogen and oxygen atoms in total. The summed E-state index contributed by atoms with van der Waals surface area (Å²) in [6.45, 7) is 2.38. The second kappa shape index (κ2) is 4.85. The molecule has 0 aromatic rings. The summed E-state index contributed by atoms with van der Waals surface area (Å²) in [5.74, 6) is 0.931. The maximum atomic E-state index is 6.45. The number of halogens is 1. The van der Waals surface area contributed by atoms with E-state index in [1.807, 2.05) is 0 Å². The van der Waals surface area contributed by atoms with Crippen LogP contribution in [0.15, 0.2) is 0 Å². The standard InChI is InChI=1S/C15H25BrO/c1-11-4-6-12(7-5-11)17-14-10-13(16)15(14)8-2-3-9-15/h11-14H,2-10H2,1H3. The van der Waals surface area contributed by atoms with Crippen molar-refractivity contribution in [3.05, 3.63) is 0 Å². The van der Waals surface area contributed by atoms with Crippen molar-refractivity contribution >= 4 is 15.9 Å². The van der Waals surface area contributed by atoms with E-state index in [-0.39, 0.29) is 0 Å². The predicted octanol–water partition coefficient (Wildman–Crippen LogP) is 4.68. The maximum absolute atomic E-state index is 6.45. The molecular formula is C15H25BrO. The Bertz CT molecular complexity index is 264. The van der Waals surface area contributed by atoms with Crippen LogP contribution in [-0.2, 0) is 4.74 Å². The molecule has 0 aromatic carbocycles. The Morgan fingerprint density at radius 3 is 2.29 bits per heavy atom. The molecule has 0 N–H and O–H groups in total. The molecule has 3 aliphatic rings. The van der Waals surface area contributed by atoms with Gasteiger partial charge in [-0.05, 0) is 50.9 Å². The van der Waals surface area contributed by atoms with Crippen molar-refractivity contribution in [2.24, 2.45) is 11.3 Å². The van der Waals surface area contributed by atoms with Gasteiger partial charge in [-0.25, -0.2) is 0 Å². The zero-order chi connectivity index (χ0) is 11.9. The Morgan fingerprint density at radius 2 is 1.71 bits per heavy atom. The summed E-state index contributed by atoms with van der Waals surface area (Å²) in [7, 11) is 0. The highest BCUT2D eigenvalue weighted by Crippen LogP contribution is 2.58. The van der Waals surface area contributed by atoms with E-state index in [4.69, 9.17) is 4.74 Å². The van der Waals surface area contributed by atoms with Crippen LogP contribution in [0.4, 0.5) is 0 Å². The van der Waals surface area contributed by atoms with Crippen molar-refractivity contribution in [2.75, 3.05) is 0 Å². The number of alkyl halides is 1. The van der Waals surface area contributed by atoms with Crippen molar-refractivity contribution in [3.8, 4) is 0 Å². The summed E-state index contributed by atoms with van der Waals surface area (Å²) in [6.07, 6.45) is 13.4. The molecule has 2 unspecified atom stereocenters. The van der Waals surface area contributed by atoms with Crippen LogP contribution >= 0.6 is 15.9 Å².